The molecule has 1 saturated carbocycles. The number of nitrogens with one attached hydrogen (secondary N) is 1. The molecule has 1 aromatic carbocycles. The van der Waals surface area contributed by atoms with Gasteiger partial charge in [-0.15, -0.1) is 0 Å². The molecule has 0 bridgehead atoms. The van der Waals surface area contributed by atoms with Crippen molar-refractivity contribution in [1.82, 2.24) is 5.32 Å². The van der Waals surface area contributed by atoms with E-state index in [-0.39, 0.29) is 5.91 Å². The number of halogens is 2. The molecule has 0 aromatic heterocycles. The molecular weight excluding hydrogens is 313 g/mol. The third-order valence-corrected chi connectivity index (χ3v) is 4.80. The molecule has 1 aliphatic rings. The second-order valence-corrected chi connectivity index (χ2v) is 6.29. The van der Waals surface area contributed by atoms with Crippen LogP contribution >= 0.6 is 23.2 Å². The van der Waals surface area contributed by atoms with Crippen molar-refractivity contribution in [1.29, 1.82) is 0 Å². The van der Waals surface area contributed by atoms with Gasteiger partial charge in [0.15, 0.2) is 0 Å². The van der Waals surface area contributed by atoms with Crippen molar-refractivity contribution in [3.63, 3.8) is 0 Å². The van der Waals surface area contributed by atoms with Crippen LogP contribution < -0.4 is 5.32 Å². The Labute approximate surface area is 133 Å². The molecule has 0 heterocycles. The zero-order valence-corrected chi connectivity index (χ0v) is 13.2. The van der Waals surface area contributed by atoms with Gasteiger partial charge >= 0.3 is 5.97 Å². The highest BCUT2D eigenvalue weighted by atomic mass is 35.5. The van der Waals surface area contributed by atoms with Gasteiger partial charge in [-0.05, 0) is 37.5 Å². The predicted octanol–water partition coefficient (Wildman–Crippen LogP) is 3.61. The monoisotopic (exact) mass is 329 g/mol. The number of benzene rings is 1. The molecule has 1 amide bonds. The van der Waals surface area contributed by atoms with Gasteiger partial charge < -0.3 is 10.4 Å². The van der Waals surface area contributed by atoms with E-state index in [1.807, 2.05) is 0 Å². The summed E-state index contributed by atoms with van der Waals surface area (Å²) in [5.41, 5.74) is -0.415. The number of hydrogen-bond acceptors (Lipinski definition) is 2. The lowest BCUT2D eigenvalue weighted by Gasteiger charge is -2.27. The Morgan fingerprint density at radius 2 is 1.86 bits per heavy atom. The summed E-state index contributed by atoms with van der Waals surface area (Å²) in [5.74, 6) is -1.76. The molecule has 0 saturated heterocycles. The number of aliphatic carboxylic acids is 1. The van der Waals surface area contributed by atoms with Crippen LogP contribution in [-0.4, -0.2) is 22.5 Å². The third kappa shape index (κ3) is 3.33. The van der Waals surface area contributed by atoms with Crippen molar-refractivity contribution in [2.75, 3.05) is 0 Å². The predicted molar refractivity (Wildman–Crippen MR) is 81.9 cm³/mol. The fraction of sp³-hybridized carbons (Fsp3) is 0.467. The molecule has 0 spiro atoms. The molecule has 0 radical (unpaired) electrons. The molecule has 6 heteroatoms. The first kappa shape index (κ1) is 16.1. The van der Waals surface area contributed by atoms with Gasteiger partial charge in [0, 0.05) is 0 Å². The molecule has 21 heavy (non-hydrogen) atoms. The van der Waals surface area contributed by atoms with Crippen LogP contribution in [0.3, 0.4) is 0 Å². The van der Waals surface area contributed by atoms with Gasteiger partial charge in [-0.2, -0.15) is 0 Å². The van der Waals surface area contributed by atoms with Gasteiger partial charge in [-0.1, -0.05) is 42.1 Å². The second-order valence-electron chi connectivity index (χ2n) is 5.48. The standard InChI is InChI=1S/C15H17Cl2NO3/c1-9(10-4-5-11(16)12(17)8-10)13(19)18-15(14(20)21)6-2-3-7-15/h4-5,8-9H,2-3,6-7H2,1H3,(H,18,19)(H,20,21). The SMILES string of the molecule is CC(C(=O)NC1(C(=O)O)CCCC1)c1ccc(Cl)c(Cl)c1. The van der Waals surface area contributed by atoms with Gasteiger partial charge in [-0.25, -0.2) is 4.79 Å². The van der Waals surface area contributed by atoms with Crippen molar-refractivity contribution in [3.05, 3.63) is 33.8 Å². The maximum absolute atomic E-state index is 12.4. The summed E-state index contributed by atoms with van der Waals surface area (Å²) in [4.78, 5) is 23.8. The van der Waals surface area contributed by atoms with Crippen LogP contribution in [0, 0.1) is 0 Å². The molecule has 1 atom stereocenters. The van der Waals surface area contributed by atoms with Gasteiger partial charge in [0.1, 0.15) is 5.54 Å². The lowest BCUT2D eigenvalue weighted by molar-refractivity contribution is -0.147. The summed E-state index contributed by atoms with van der Waals surface area (Å²) in [6, 6.07) is 4.99. The summed E-state index contributed by atoms with van der Waals surface area (Å²) < 4.78 is 0. The van der Waals surface area contributed by atoms with Crippen LogP contribution in [-0.2, 0) is 9.59 Å². The largest absolute Gasteiger partial charge is 0.480 e. The van der Waals surface area contributed by atoms with Crippen molar-refractivity contribution >= 4 is 35.1 Å². The highest BCUT2D eigenvalue weighted by Gasteiger charge is 2.43. The minimum Gasteiger partial charge on any atom is -0.480 e. The van der Waals surface area contributed by atoms with Crippen molar-refractivity contribution < 1.29 is 14.7 Å². The van der Waals surface area contributed by atoms with Crippen LogP contribution in [0.1, 0.15) is 44.1 Å². The maximum atomic E-state index is 12.4. The van der Waals surface area contributed by atoms with Crippen LogP contribution in [0.4, 0.5) is 0 Å². The van der Waals surface area contributed by atoms with E-state index < -0.39 is 17.4 Å². The molecule has 1 fully saturated rings. The van der Waals surface area contributed by atoms with Crippen molar-refractivity contribution in [2.45, 2.75) is 44.1 Å². The Kier molecular flexibility index (Phi) is 4.79. The molecule has 114 valence electrons. The fourth-order valence-corrected chi connectivity index (χ4v) is 2.95. The molecular formula is C15H17Cl2NO3. The first-order valence-electron chi connectivity index (χ1n) is 6.86. The van der Waals surface area contributed by atoms with E-state index in [9.17, 15) is 14.7 Å². The number of amides is 1. The Hall–Kier alpha value is -1.26. The van der Waals surface area contributed by atoms with E-state index in [0.29, 0.717) is 28.5 Å². The van der Waals surface area contributed by atoms with Crippen molar-refractivity contribution in [3.8, 4) is 0 Å². The second kappa shape index (κ2) is 6.24. The highest BCUT2D eigenvalue weighted by molar-refractivity contribution is 6.42. The Morgan fingerprint density at radius 1 is 1.24 bits per heavy atom. The topological polar surface area (TPSA) is 66.4 Å². The number of carbonyl (C=O) groups is 2. The Balaban J connectivity index is 2.15. The summed E-state index contributed by atoms with van der Waals surface area (Å²) in [7, 11) is 0. The average Bonchev–Trinajstić information content (AvgIpc) is 2.91. The molecule has 2 rings (SSSR count). The van der Waals surface area contributed by atoms with Gasteiger partial charge in [0.25, 0.3) is 0 Å². The number of rotatable bonds is 4. The Bertz CT molecular complexity index is 568. The minimum absolute atomic E-state index is 0.308. The lowest BCUT2D eigenvalue weighted by Crippen LogP contribution is -2.53. The summed E-state index contributed by atoms with van der Waals surface area (Å²) in [6.45, 7) is 1.72. The summed E-state index contributed by atoms with van der Waals surface area (Å²) in [5, 5.41) is 12.9. The lowest BCUT2D eigenvalue weighted by atomic mass is 9.94. The summed E-state index contributed by atoms with van der Waals surface area (Å²) >= 11 is 11.8. The van der Waals surface area contributed by atoms with Gasteiger partial charge in [0.2, 0.25) is 5.91 Å². The minimum atomic E-state index is -1.12. The van der Waals surface area contributed by atoms with E-state index in [2.05, 4.69) is 5.32 Å². The highest BCUT2D eigenvalue weighted by Crippen LogP contribution is 2.32. The van der Waals surface area contributed by atoms with E-state index in [0.717, 1.165) is 12.8 Å². The normalized spacial score (nSPS) is 18.2. The molecule has 1 aromatic rings. The van der Waals surface area contributed by atoms with E-state index in [1.165, 1.54) is 0 Å². The number of hydrogen-bond donors (Lipinski definition) is 2. The van der Waals surface area contributed by atoms with Crippen LogP contribution in [0.15, 0.2) is 18.2 Å². The van der Waals surface area contributed by atoms with Crippen LogP contribution in [0.5, 0.6) is 0 Å². The van der Waals surface area contributed by atoms with E-state index in [4.69, 9.17) is 23.2 Å². The van der Waals surface area contributed by atoms with Crippen LogP contribution in [0.25, 0.3) is 0 Å². The molecule has 0 aliphatic heterocycles. The third-order valence-electron chi connectivity index (χ3n) is 4.07. The van der Waals surface area contributed by atoms with E-state index >= 15 is 0 Å². The molecule has 1 unspecified atom stereocenters. The fourth-order valence-electron chi connectivity index (χ4n) is 2.65. The first-order chi connectivity index (χ1) is 9.85. The quantitative estimate of drug-likeness (QED) is 0.886. The smallest absolute Gasteiger partial charge is 0.329 e. The average molecular weight is 330 g/mol. The van der Waals surface area contributed by atoms with Crippen molar-refractivity contribution in [2.24, 2.45) is 0 Å². The zero-order chi connectivity index (χ0) is 15.6. The molecule has 1 aliphatic carbocycles. The maximum Gasteiger partial charge on any atom is 0.329 e. The first-order valence-corrected chi connectivity index (χ1v) is 7.62. The zero-order valence-electron chi connectivity index (χ0n) is 11.7. The molecule has 4 nitrogen and oxygen atoms in total. The van der Waals surface area contributed by atoms with Gasteiger partial charge in [-0.3, -0.25) is 4.79 Å². The van der Waals surface area contributed by atoms with Crippen LogP contribution in [0.2, 0.25) is 10.0 Å². The number of carbonyl (C=O) groups excluding carboxylic acids is 1. The summed E-state index contributed by atoms with van der Waals surface area (Å²) in [6.07, 6.45) is 2.58. The number of carboxylic acids is 1. The van der Waals surface area contributed by atoms with E-state index in [1.54, 1.807) is 25.1 Å². The Morgan fingerprint density at radius 3 is 2.38 bits per heavy atom. The number of carboxylic acid groups (broad SMARTS) is 1. The molecule has 2 N–H and O–H groups in total. The van der Waals surface area contributed by atoms with Gasteiger partial charge in [0.05, 0.1) is 16.0 Å².